The van der Waals surface area contributed by atoms with Crippen molar-refractivity contribution < 1.29 is 67.3 Å². The van der Waals surface area contributed by atoms with Crippen LogP contribution in [0.15, 0.2) is 170 Å². The predicted octanol–water partition coefficient (Wildman–Crippen LogP) is 11.7. The molecule has 12 rings (SSSR count). The van der Waals surface area contributed by atoms with Crippen LogP contribution in [-0.2, 0) is 24.4 Å². The topological polar surface area (TPSA) is 244 Å². The van der Waals surface area contributed by atoms with Crippen LogP contribution in [-0.4, -0.2) is 125 Å². The fourth-order valence-electron chi connectivity index (χ4n) is 8.75. The lowest BCUT2D eigenvalue weighted by atomic mass is 9.78. The zero-order valence-electron chi connectivity index (χ0n) is 49.4. The molecule has 4 heterocycles. The summed E-state index contributed by atoms with van der Waals surface area (Å²) in [7, 11) is 3.57. The minimum absolute atomic E-state index is 0.0672. The minimum atomic E-state index is -0.469. The van der Waals surface area contributed by atoms with Gasteiger partial charge in [-0.2, -0.15) is 0 Å². The highest BCUT2D eigenvalue weighted by atomic mass is 16.6. The smallest absolute Gasteiger partial charge is 0.259 e. The number of benzene rings is 8. The molecule has 4 fully saturated rings. The molecule has 2 amide bonds. The van der Waals surface area contributed by atoms with E-state index in [9.17, 15) is 29.4 Å². The number of phenolic OH excluding ortho intramolecular Hbond substituents is 2. The summed E-state index contributed by atoms with van der Waals surface area (Å²) in [4.78, 5) is 47.1. The van der Waals surface area contributed by atoms with Crippen molar-refractivity contribution in [3.05, 3.63) is 203 Å². The fraction of sp³-hybridized carbons (Fsp3) is 0.275. The molecule has 0 aromatic heterocycles. The number of Topliss-reactive ketones (excluding diaryl/α,β-unsaturated/α-hetero) is 2. The normalized spacial score (nSPS) is 16.5. The Bertz CT molecular complexity index is 3610. The number of ether oxygens (including phenoxy) is 8. The van der Waals surface area contributed by atoms with E-state index in [1.165, 1.54) is 61.4 Å². The lowest BCUT2D eigenvalue weighted by molar-refractivity contribution is 0.100. The van der Waals surface area contributed by atoms with Crippen molar-refractivity contribution in [2.24, 2.45) is 0 Å². The van der Waals surface area contributed by atoms with E-state index in [0.717, 1.165) is 71.6 Å². The van der Waals surface area contributed by atoms with Crippen LogP contribution >= 0.6 is 0 Å². The van der Waals surface area contributed by atoms with E-state index in [1.54, 1.807) is 44.4 Å². The van der Waals surface area contributed by atoms with Crippen molar-refractivity contribution in [3.8, 4) is 34.5 Å². The van der Waals surface area contributed by atoms with Gasteiger partial charge in [0.15, 0.2) is 11.6 Å². The van der Waals surface area contributed by atoms with Gasteiger partial charge in [0.05, 0.1) is 32.0 Å². The van der Waals surface area contributed by atoms with Gasteiger partial charge in [0.2, 0.25) is 0 Å². The van der Waals surface area contributed by atoms with Crippen molar-refractivity contribution in [3.63, 3.8) is 0 Å². The standard InChI is InChI=1S/C21H24O4.2C16H16N2O3.C16H16O4/c1-21(2,15-3-7-17(8-4-15)22-11-19-13-24-19)16-5-9-18(10-6-16)23-12-20-14-25-20;1-10(19)11-6-12(8-15(20)7-11)16(21)18-14-5-3-4-13(9-14)17-2;1-10(19)11-6-7-15(20)14(8-11)16(21)18-13-5-3-4-12(9-13)17-2;1-2-11-6-12(17-7-13-8-18-13)4-5-15(11)16(3-1)20-10-14-9-19-14/h3-10,19-20H,11-14H2,1-2H3;2*3-9,17,20H,1-2H3,(H,18,21);1-6,13-14H,7-10H2. The summed E-state index contributed by atoms with van der Waals surface area (Å²) < 4.78 is 43.6. The number of carbonyl (C=O) groups is 4. The molecule has 18 heteroatoms. The number of hydrogen-bond acceptors (Lipinski definition) is 16. The lowest BCUT2D eigenvalue weighted by Crippen LogP contribution is -2.18. The highest BCUT2D eigenvalue weighted by molar-refractivity contribution is 6.08. The molecule has 0 spiro atoms. The van der Waals surface area contributed by atoms with Crippen LogP contribution in [0.2, 0.25) is 0 Å². The van der Waals surface area contributed by atoms with Gasteiger partial charge in [-0.15, -0.1) is 0 Å². The molecule has 4 saturated heterocycles. The van der Waals surface area contributed by atoms with E-state index in [0.29, 0.717) is 48.9 Å². The van der Waals surface area contributed by atoms with Gasteiger partial charge in [0, 0.05) is 64.3 Å². The number of rotatable bonds is 22. The van der Waals surface area contributed by atoms with Crippen LogP contribution in [0.25, 0.3) is 10.8 Å². The van der Waals surface area contributed by atoms with E-state index in [-0.39, 0.29) is 69.9 Å². The van der Waals surface area contributed by atoms with Gasteiger partial charge in [-0.1, -0.05) is 62.4 Å². The molecule has 4 aliphatic rings. The second-order valence-corrected chi connectivity index (χ2v) is 21.6. The fourth-order valence-corrected chi connectivity index (χ4v) is 8.75. The number of amides is 2. The SMILES string of the molecule is CC(C)(c1ccc(OCC2CO2)cc1)c1ccc(OCC2CO2)cc1.CNc1cccc(NC(=O)c2cc(C(C)=O)ccc2O)c1.CNc1cccc(NC(=O)c2cc(O)cc(C(C)=O)c2)c1.c1cc(OCC2CO2)c2ccc(OCC3CO3)cc2c1. The van der Waals surface area contributed by atoms with Crippen LogP contribution in [0.1, 0.15) is 80.3 Å². The minimum Gasteiger partial charge on any atom is -0.508 e. The third-order valence-corrected chi connectivity index (χ3v) is 14.4. The molecule has 87 heavy (non-hydrogen) atoms. The Morgan fingerprint density at radius 2 is 0.920 bits per heavy atom. The summed E-state index contributed by atoms with van der Waals surface area (Å²) in [5.41, 5.74) is 6.33. The maximum absolute atomic E-state index is 12.2. The van der Waals surface area contributed by atoms with Gasteiger partial charge in [0.25, 0.3) is 11.8 Å². The molecule has 18 nitrogen and oxygen atoms in total. The van der Waals surface area contributed by atoms with Gasteiger partial charge in [-0.25, -0.2) is 0 Å². The quantitative estimate of drug-likeness (QED) is 0.0273. The molecule has 6 N–H and O–H groups in total. The monoisotopic (exact) mass is 1180 g/mol. The van der Waals surface area contributed by atoms with Crippen molar-refractivity contribution in [1.82, 2.24) is 0 Å². The molecule has 0 bridgehead atoms. The van der Waals surface area contributed by atoms with E-state index in [1.807, 2.05) is 72.8 Å². The molecule has 0 radical (unpaired) electrons. The van der Waals surface area contributed by atoms with Gasteiger partial charge >= 0.3 is 0 Å². The second-order valence-electron chi connectivity index (χ2n) is 21.6. The van der Waals surface area contributed by atoms with Gasteiger partial charge < -0.3 is 69.4 Å². The molecule has 8 aromatic rings. The number of carbonyl (C=O) groups excluding carboxylic acids is 4. The molecule has 4 unspecified atom stereocenters. The van der Waals surface area contributed by atoms with Crippen LogP contribution < -0.4 is 40.2 Å². The molecule has 4 aliphatic heterocycles. The third-order valence-electron chi connectivity index (χ3n) is 14.4. The van der Waals surface area contributed by atoms with E-state index in [4.69, 9.17) is 37.9 Å². The Hall–Kier alpha value is -9.46. The summed E-state index contributed by atoms with van der Waals surface area (Å²) in [6, 6.07) is 51.5. The third kappa shape index (κ3) is 18.8. The first kappa shape index (κ1) is 62.1. The molecule has 452 valence electrons. The van der Waals surface area contributed by atoms with Crippen molar-refractivity contribution in [2.45, 2.75) is 57.5 Å². The van der Waals surface area contributed by atoms with Crippen LogP contribution in [0.5, 0.6) is 34.5 Å². The summed E-state index contributed by atoms with van der Waals surface area (Å²) in [5.74, 6) is 2.04. The van der Waals surface area contributed by atoms with Crippen LogP contribution in [0, 0.1) is 0 Å². The Kier molecular flexibility index (Phi) is 20.8. The number of ketones is 2. The number of aromatic hydroxyl groups is 2. The highest BCUT2D eigenvalue weighted by Gasteiger charge is 2.27. The first-order valence-electron chi connectivity index (χ1n) is 28.6. The summed E-state index contributed by atoms with van der Waals surface area (Å²) in [6.07, 6.45) is 1.11. The largest absolute Gasteiger partial charge is 0.508 e. The zero-order valence-corrected chi connectivity index (χ0v) is 49.4. The first-order valence-corrected chi connectivity index (χ1v) is 28.6. The number of anilines is 4. The van der Waals surface area contributed by atoms with Gasteiger partial charge in [-0.05, 0) is 152 Å². The Balaban J connectivity index is 0.000000139. The number of phenols is 2. The van der Waals surface area contributed by atoms with E-state index < -0.39 is 5.91 Å². The van der Waals surface area contributed by atoms with Gasteiger partial charge in [0.1, 0.15) is 85.3 Å². The number of hydrogen-bond donors (Lipinski definition) is 6. The van der Waals surface area contributed by atoms with Crippen LogP contribution in [0.4, 0.5) is 22.7 Å². The van der Waals surface area contributed by atoms with Gasteiger partial charge in [-0.3, -0.25) is 19.2 Å². The van der Waals surface area contributed by atoms with Crippen LogP contribution in [0.3, 0.4) is 0 Å². The average Bonchev–Trinajstić information content (AvgIpc) is 3.90. The van der Waals surface area contributed by atoms with E-state index >= 15 is 0 Å². The number of nitrogens with one attached hydrogen (secondary N) is 4. The average molecular weight is 1180 g/mol. The summed E-state index contributed by atoms with van der Waals surface area (Å²) in [6.45, 7) is 13.0. The maximum atomic E-state index is 12.2. The second kappa shape index (κ2) is 29.1. The lowest BCUT2D eigenvalue weighted by Gasteiger charge is -2.26. The highest BCUT2D eigenvalue weighted by Crippen LogP contribution is 2.35. The Morgan fingerprint density at radius 1 is 0.471 bits per heavy atom. The zero-order chi connectivity index (χ0) is 61.5. The molecular formula is C69H72N4O14. The number of epoxide rings is 4. The Labute approximate surface area is 505 Å². The molecule has 8 aromatic carbocycles. The predicted molar refractivity (Wildman–Crippen MR) is 334 cm³/mol. The first-order chi connectivity index (χ1) is 42.0. The molecule has 4 atom stereocenters. The number of fused-ring (bicyclic) bond motifs is 1. The summed E-state index contributed by atoms with van der Waals surface area (Å²) >= 11 is 0. The Morgan fingerprint density at radius 3 is 1.41 bits per heavy atom. The van der Waals surface area contributed by atoms with Crippen molar-refractivity contribution in [1.29, 1.82) is 0 Å². The van der Waals surface area contributed by atoms with Crippen molar-refractivity contribution in [2.75, 3.05) is 88.2 Å². The van der Waals surface area contributed by atoms with E-state index in [2.05, 4.69) is 65.4 Å². The molecule has 0 aliphatic carbocycles. The summed E-state index contributed by atoms with van der Waals surface area (Å²) in [5, 5.41) is 33.0. The molecule has 0 saturated carbocycles. The maximum Gasteiger partial charge on any atom is 0.259 e. The molecular weight excluding hydrogens is 1110 g/mol. The van der Waals surface area contributed by atoms with Crippen molar-refractivity contribution >= 4 is 56.9 Å².